The van der Waals surface area contributed by atoms with Crippen molar-refractivity contribution >= 4 is 5.91 Å². The van der Waals surface area contributed by atoms with Crippen molar-refractivity contribution in [2.45, 2.75) is 32.7 Å². The Morgan fingerprint density at radius 2 is 2.18 bits per heavy atom. The van der Waals surface area contributed by atoms with Crippen LogP contribution in [0.15, 0.2) is 12.7 Å². The van der Waals surface area contributed by atoms with Crippen LogP contribution in [0.2, 0.25) is 0 Å². The van der Waals surface area contributed by atoms with Crippen LogP contribution in [0.5, 0.6) is 0 Å². The number of nitrogens with zero attached hydrogens (tertiary/aromatic N) is 1. The number of amides is 1. The van der Waals surface area contributed by atoms with E-state index in [9.17, 15) is 4.79 Å². The van der Waals surface area contributed by atoms with E-state index in [-0.39, 0.29) is 5.91 Å². The maximum Gasteiger partial charge on any atom is 0.222 e. The van der Waals surface area contributed by atoms with E-state index >= 15 is 0 Å². The fraction of sp³-hybridized carbons (Fsp3) is 0.667. The largest absolute Gasteiger partial charge is 0.343 e. The second kappa shape index (κ2) is 4.94. The number of rotatable bonds is 4. The molecule has 1 amide bonds. The van der Waals surface area contributed by atoms with Crippen LogP contribution >= 0.6 is 0 Å². The quantitative estimate of drug-likeness (QED) is 0.567. The molecule has 0 radical (unpaired) electrons. The summed E-state index contributed by atoms with van der Waals surface area (Å²) in [6.45, 7) is 7.58. The van der Waals surface area contributed by atoms with Gasteiger partial charge in [0.15, 0.2) is 0 Å². The van der Waals surface area contributed by atoms with E-state index < -0.39 is 0 Å². The molecule has 2 nitrogen and oxygen atoms in total. The first-order valence-corrected chi connectivity index (χ1v) is 3.96. The molecule has 0 saturated heterocycles. The molecule has 0 heterocycles. The average molecular weight is 155 g/mol. The van der Waals surface area contributed by atoms with Crippen molar-refractivity contribution in [3.63, 3.8) is 0 Å². The monoisotopic (exact) mass is 155 g/mol. The molecule has 0 atom stereocenters. The van der Waals surface area contributed by atoms with Crippen LogP contribution in [0.1, 0.15) is 26.7 Å². The Balaban J connectivity index is 3.73. The van der Waals surface area contributed by atoms with Gasteiger partial charge < -0.3 is 4.90 Å². The molecule has 0 aromatic heterocycles. The van der Waals surface area contributed by atoms with Gasteiger partial charge in [0.05, 0.1) is 0 Å². The number of hydrogen-bond donors (Lipinski definition) is 0. The summed E-state index contributed by atoms with van der Waals surface area (Å²) in [6.07, 6.45) is 3.13. The van der Waals surface area contributed by atoms with Gasteiger partial charge in [-0.15, -0.1) is 6.58 Å². The predicted molar refractivity (Wildman–Crippen MR) is 47.3 cm³/mol. The number of hydrogen-bond acceptors (Lipinski definition) is 1. The van der Waals surface area contributed by atoms with Crippen molar-refractivity contribution < 1.29 is 4.79 Å². The summed E-state index contributed by atoms with van der Waals surface area (Å²) in [5.41, 5.74) is 0. The lowest BCUT2D eigenvalue weighted by atomic mass is 10.2. The molecule has 0 rings (SSSR count). The van der Waals surface area contributed by atoms with E-state index in [1.54, 1.807) is 11.0 Å². The predicted octanol–water partition coefficient (Wildman–Crippen LogP) is 1.82. The van der Waals surface area contributed by atoms with E-state index in [0.717, 1.165) is 6.42 Å². The fourth-order valence-electron chi connectivity index (χ4n) is 0.690. The molecule has 0 saturated carbocycles. The summed E-state index contributed by atoms with van der Waals surface area (Å²) in [6, 6.07) is 0.298. The fourth-order valence-corrected chi connectivity index (χ4v) is 0.690. The first-order valence-electron chi connectivity index (χ1n) is 3.96. The van der Waals surface area contributed by atoms with E-state index in [1.165, 1.54) is 0 Å². The van der Waals surface area contributed by atoms with Crippen LogP contribution in [0.3, 0.4) is 0 Å². The molecule has 0 N–H and O–H groups in total. The van der Waals surface area contributed by atoms with Gasteiger partial charge in [-0.2, -0.15) is 0 Å². The molecule has 0 unspecified atom stereocenters. The van der Waals surface area contributed by atoms with Gasteiger partial charge in [-0.1, -0.05) is 6.08 Å². The van der Waals surface area contributed by atoms with Crippen LogP contribution in [-0.4, -0.2) is 23.9 Å². The maximum atomic E-state index is 11.2. The first kappa shape index (κ1) is 10.2. The molecule has 0 aliphatic rings. The molecule has 0 spiro atoms. The minimum Gasteiger partial charge on any atom is -0.343 e. The Bertz CT molecular complexity index is 140. The van der Waals surface area contributed by atoms with Gasteiger partial charge in [-0.05, 0) is 20.3 Å². The second-order valence-corrected chi connectivity index (χ2v) is 2.93. The van der Waals surface area contributed by atoms with E-state index in [2.05, 4.69) is 6.58 Å². The van der Waals surface area contributed by atoms with Gasteiger partial charge in [0, 0.05) is 19.5 Å². The van der Waals surface area contributed by atoms with Gasteiger partial charge in [-0.3, -0.25) is 4.79 Å². The van der Waals surface area contributed by atoms with Crippen molar-refractivity contribution in [3.05, 3.63) is 12.7 Å². The Kier molecular flexibility index (Phi) is 4.59. The maximum absolute atomic E-state index is 11.2. The lowest BCUT2D eigenvalue weighted by Gasteiger charge is -2.20. The Hall–Kier alpha value is -0.790. The third kappa shape index (κ3) is 3.81. The average Bonchev–Trinajstić information content (AvgIpc) is 1.98. The van der Waals surface area contributed by atoms with Crippen molar-refractivity contribution in [1.29, 1.82) is 0 Å². The lowest BCUT2D eigenvalue weighted by molar-refractivity contribution is -0.131. The van der Waals surface area contributed by atoms with Gasteiger partial charge in [-0.25, -0.2) is 0 Å². The highest BCUT2D eigenvalue weighted by molar-refractivity contribution is 5.76. The zero-order chi connectivity index (χ0) is 8.85. The molecule has 0 aliphatic heterocycles. The smallest absolute Gasteiger partial charge is 0.222 e. The van der Waals surface area contributed by atoms with Crippen molar-refractivity contribution in [2.24, 2.45) is 0 Å². The van der Waals surface area contributed by atoms with Crippen LogP contribution in [-0.2, 0) is 4.79 Å². The van der Waals surface area contributed by atoms with E-state index in [1.807, 2.05) is 20.9 Å². The highest BCUT2D eigenvalue weighted by Gasteiger charge is 2.09. The third-order valence-corrected chi connectivity index (χ3v) is 1.73. The topological polar surface area (TPSA) is 20.3 Å². The molecule has 2 heteroatoms. The lowest BCUT2D eigenvalue weighted by Crippen LogP contribution is -2.32. The van der Waals surface area contributed by atoms with Crippen molar-refractivity contribution in [3.8, 4) is 0 Å². The van der Waals surface area contributed by atoms with Gasteiger partial charge in [0.25, 0.3) is 0 Å². The highest BCUT2D eigenvalue weighted by Crippen LogP contribution is 2.00. The van der Waals surface area contributed by atoms with E-state index in [0.29, 0.717) is 12.5 Å². The third-order valence-electron chi connectivity index (χ3n) is 1.73. The molecule has 0 aliphatic carbocycles. The Morgan fingerprint density at radius 3 is 2.55 bits per heavy atom. The van der Waals surface area contributed by atoms with Crippen LogP contribution < -0.4 is 0 Å². The standard InChI is InChI=1S/C9H17NO/c1-5-6-7-9(11)10(4)8(2)3/h5,8H,1,6-7H2,2-4H3. The Labute approximate surface area is 68.9 Å². The zero-order valence-corrected chi connectivity index (χ0v) is 7.63. The first-order chi connectivity index (χ1) is 5.09. The van der Waals surface area contributed by atoms with Crippen molar-refractivity contribution in [1.82, 2.24) is 4.90 Å². The van der Waals surface area contributed by atoms with Gasteiger partial charge >= 0.3 is 0 Å². The van der Waals surface area contributed by atoms with Crippen LogP contribution in [0.4, 0.5) is 0 Å². The summed E-state index contributed by atoms with van der Waals surface area (Å²) >= 11 is 0. The minimum absolute atomic E-state index is 0.194. The molecular weight excluding hydrogens is 138 g/mol. The molecule has 0 aromatic carbocycles. The van der Waals surface area contributed by atoms with Gasteiger partial charge in [0.1, 0.15) is 0 Å². The molecule has 64 valence electrons. The van der Waals surface area contributed by atoms with Crippen LogP contribution in [0.25, 0.3) is 0 Å². The van der Waals surface area contributed by atoms with Crippen LogP contribution in [0, 0.1) is 0 Å². The highest BCUT2D eigenvalue weighted by atomic mass is 16.2. The Morgan fingerprint density at radius 1 is 1.64 bits per heavy atom. The summed E-state index contributed by atoms with van der Waals surface area (Å²) in [4.78, 5) is 13.0. The van der Waals surface area contributed by atoms with Crippen molar-refractivity contribution in [2.75, 3.05) is 7.05 Å². The zero-order valence-electron chi connectivity index (χ0n) is 7.63. The molecule has 0 aromatic rings. The SMILES string of the molecule is C=CCCC(=O)N(C)C(C)C. The normalized spacial score (nSPS) is 9.82. The van der Waals surface area contributed by atoms with Gasteiger partial charge in [0.2, 0.25) is 5.91 Å². The summed E-state index contributed by atoms with van der Waals surface area (Å²) < 4.78 is 0. The summed E-state index contributed by atoms with van der Waals surface area (Å²) in [5, 5.41) is 0. The number of carbonyl (C=O) groups is 1. The molecule has 0 fully saturated rings. The van der Waals surface area contributed by atoms with E-state index in [4.69, 9.17) is 0 Å². The molecule has 11 heavy (non-hydrogen) atoms. The number of carbonyl (C=O) groups excluding carboxylic acids is 1. The second-order valence-electron chi connectivity index (χ2n) is 2.93. The summed E-state index contributed by atoms with van der Waals surface area (Å²) in [5.74, 6) is 0.194. The molecule has 0 bridgehead atoms. The summed E-state index contributed by atoms with van der Waals surface area (Å²) in [7, 11) is 1.83. The minimum atomic E-state index is 0.194. The number of allylic oxidation sites excluding steroid dienone is 1. The molecular formula is C9H17NO.